The Morgan fingerprint density at radius 3 is 2.89 bits per heavy atom. The number of nitro groups is 1. The smallest absolute Gasteiger partial charge is 0.266 e. The minimum atomic E-state index is -0.485. The highest BCUT2D eigenvalue weighted by molar-refractivity contribution is 7.12. The Balaban J connectivity index is 2.01. The third kappa shape index (κ3) is 3.46. The van der Waals surface area contributed by atoms with Gasteiger partial charge in [0.1, 0.15) is 0 Å². The molecule has 0 saturated heterocycles. The van der Waals surface area contributed by atoms with Crippen molar-refractivity contribution in [3.8, 4) is 0 Å². The number of nitrogens with one attached hydrogen (secondary N) is 1. The predicted molar refractivity (Wildman–Crippen MR) is 72.5 cm³/mol. The van der Waals surface area contributed by atoms with Crippen LogP contribution in [0, 0.1) is 10.1 Å². The maximum Gasteiger partial charge on any atom is 0.281 e. The van der Waals surface area contributed by atoms with E-state index in [0.717, 1.165) is 0 Å². The van der Waals surface area contributed by atoms with E-state index >= 15 is 0 Å². The molecule has 0 fully saturated rings. The zero-order valence-electron chi connectivity index (χ0n) is 9.65. The largest absolute Gasteiger partial charge is 0.281 e. The first-order valence-electron chi connectivity index (χ1n) is 5.28. The Bertz CT molecular complexity index is 623. The predicted octanol–water partition coefficient (Wildman–Crippen LogP) is 2.42. The molecule has 0 bridgehead atoms. The van der Waals surface area contributed by atoms with Crippen LogP contribution in [0.15, 0.2) is 46.9 Å². The van der Waals surface area contributed by atoms with Gasteiger partial charge in [-0.05, 0) is 11.4 Å². The van der Waals surface area contributed by atoms with Gasteiger partial charge in [-0.3, -0.25) is 14.9 Å². The summed E-state index contributed by atoms with van der Waals surface area (Å²) in [5.74, 6) is -0.309. The van der Waals surface area contributed by atoms with Crippen LogP contribution >= 0.6 is 11.3 Å². The van der Waals surface area contributed by atoms with Gasteiger partial charge in [-0.1, -0.05) is 18.2 Å². The van der Waals surface area contributed by atoms with E-state index in [9.17, 15) is 14.9 Å². The number of non-ortho nitro benzene ring substituents is 1. The molecule has 7 heteroatoms. The highest BCUT2D eigenvalue weighted by Gasteiger charge is 2.05. The van der Waals surface area contributed by atoms with Crippen molar-refractivity contribution in [3.05, 3.63) is 62.3 Å². The van der Waals surface area contributed by atoms with Crippen molar-refractivity contribution in [3.63, 3.8) is 0 Å². The number of nitrogens with zero attached hydrogens (tertiary/aromatic N) is 2. The molecule has 0 atom stereocenters. The van der Waals surface area contributed by atoms with E-state index in [-0.39, 0.29) is 11.6 Å². The number of benzene rings is 1. The van der Waals surface area contributed by atoms with Crippen LogP contribution in [0.5, 0.6) is 0 Å². The highest BCUT2D eigenvalue weighted by Crippen LogP contribution is 2.11. The summed E-state index contributed by atoms with van der Waals surface area (Å²) in [4.78, 5) is 22.2. The summed E-state index contributed by atoms with van der Waals surface area (Å²) in [6.07, 6.45) is 1.36. The van der Waals surface area contributed by atoms with Crippen LogP contribution in [0.1, 0.15) is 15.2 Å². The lowest BCUT2D eigenvalue weighted by molar-refractivity contribution is -0.384. The number of hydrogen-bond donors (Lipinski definition) is 1. The first-order valence-corrected chi connectivity index (χ1v) is 6.16. The van der Waals surface area contributed by atoms with Gasteiger partial charge in [0.25, 0.3) is 11.6 Å². The average molecular weight is 275 g/mol. The van der Waals surface area contributed by atoms with Gasteiger partial charge in [-0.25, -0.2) is 5.43 Å². The molecule has 19 heavy (non-hydrogen) atoms. The lowest BCUT2D eigenvalue weighted by Gasteiger charge is -1.96. The van der Waals surface area contributed by atoms with Gasteiger partial charge in [-0.2, -0.15) is 5.10 Å². The second-order valence-electron chi connectivity index (χ2n) is 3.53. The molecule has 0 aliphatic carbocycles. The fourth-order valence-corrected chi connectivity index (χ4v) is 1.96. The summed E-state index contributed by atoms with van der Waals surface area (Å²) in [6, 6.07) is 9.43. The molecule has 1 aromatic heterocycles. The number of rotatable bonds is 4. The Hall–Kier alpha value is -2.54. The molecular weight excluding hydrogens is 266 g/mol. The SMILES string of the molecule is O=C(N/N=C\c1cccc([N+](=O)[O-])c1)c1cccs1. The number of carbonyl (C=O) groups is 1. The van der Waals surface area contributed by atoms with Crippen molar-refractivity contribution in [1.82, 2.24) is 5.43 Å². The molecule has 1 heterocycles. The zero-order valence-corrected chi connectivity index (χ0v) is 10.5. The van der Waals surface area contributed by atoms with Crippen LogP contribution in [-0.2, 0) is 0 Å². The van der Waals surface area contributed by atoms with Crippen molar-refractivity contribution in [1.29, 1.82) is 0 Å². The summed E-state index contributed by atoms with van der Waals surface area (Å²) in [5, 5.41) is 16.1. The topological polar surface area (TPSA) is 84.6 Å². The third-order valence-corrected chi connectivity index (χ3v) is 3.07. The molecule has 2 aromatic rings. The second kappa shape index (κ2) is 5.87. The Morgan fingerprint density at radius 2 is 2.21 bits per heavy atom. The quantitative estimate of drug-likeness (QED) is 0.528. The van der Waals surface area contributed by atoms with E-state index in [1.165, 1.54) is 29.7 Å². The molecular formula is C12H9N3O3S. The highest BCUT2D eigenvalue weighted by atomic mass is 32.1. The zero-order chi connectivity index (χ0) is 13.7. The number of amides is 1. The van der Waals surface area contributed by atoms with E-state index < -0.39 is 4.92 Å². The summed E-state index contributed by atoms with van der Waals surface area (Å²) in [5.41, 5.74) is 2.88. The minimum absolute atomic E-state index is 0.0199. The van der Waals surface area contributed by atoms with Crippen molar-refractivity contribution in [2.24, 2.45) is 5.10 Å². The lowest BCUT2D eigenvalue weighted by atomic mass is 10.2. The summed E-state index contributed by atoms with van der Waals surface area (Å²) >= 11 is 1.31. The van der Waals surface area contributed by atoms with Gasteiger partial charge in [0.2, 0.25) is 0 Å². The van der Waals surface area contributed by atoms with Gasteiger partial charge in [0, 0.05) is 17.7 Å². The monoisotopic (exact) mass is 275 g/mol. The molecule has 1 aromatic carbocycles. The standard InChI is InChI=1S/C12H9N3O3S/c16-12(11-5-2-6-19-11)14-13-8-9-3-1-4-10(7-9)15(17)18/h1-8H,(H,14,16)/b13-8-. The molecule has 96 valence electrons. The maximum absolute atomic E-state index is 11.5. The van der Waals surface area contributed by atoms with Crippen LogP contribution in [0.3, 0.4) is 0 Å². The second-order valence-corrected chi connectivity index (χ2v) is 4.48. The summed E-state index contributed by atoms with van der Waals surface area (Å²) in [7, 11) is 0. The lowest BCUT2D eigenvalue weighted by Crippen LogP contribution is -2.16. The van der Waals surface area contributed by atoms with Crippen molar-refractivity contribution < 1.29 is 9.72 Å². The van der Waals surface area contributed by atoms with E-state index in [1.807, 2.05) is 0 Å². The van der Waals surface area contributed by atoms with Gasteiger partial charge in [0.15, 0.2) is 0 Å². The number of hydrogen-bond acceptors (Lipinski definition) is 5. The number of thiophene rings is 1. The molecule has 0 radical (unpaired) electrons. The fourth-order valence-electron chi connectivity index (χ4n) is 1.35. The molecule has 0 aliphatic heterocycles. The van der Waals surface area contributed by atoms with E-state index in [4.69, 9.17) is 0 Å². The van der Waals surface area contributed by atoms with Gasteiger partial charge in [-0.15, -0.1) is 11.3 Å². The van der Waals surface area contributed by atoms with Gasteiger partial charge in [0.05, 0.1) is 16.0 Å². The van der Waals surface area contributed by atoms with Crippen LogP contribution in [0.2, 0.25) is 0 Å². The first kappa shape index (κ1) is 12.9. The van der Waals surface area contributed by atoms with Crippen LogP contribution < -0.4 is 5.43 Å². The maximum atomic E-state index is 11.5. The number of carbonyl (C=O) groups excluding carboxylic acids is 1. The van der Waals surface area contributed by atoms with Crippen molar-refractivity contribution in [2.45, 2.75) is 0 Å². The third-order valence-electron chi connectivity index (χ3n) is 2.21. The Morgan fingerprint density at radius 1 is 1.37 bits per heavy atom. The minimum Gasteiger partial charge on any atom is -0.266 e. The molecule has 0 aliphatic rings. The summed E-state index contributed by atoms with van der Waals surface area (Å²) < 4.78 is 0. The average Bonchev–Trinajstić information content (AvgIpc) is 2.93. The molecule has 0 unspecified atom stereocenters. The normalized spacial score (nSPS) is 10.5. The number of hydrazone groups is 1. The molecule has 1 amide bonds. The van der Waals surface area contributed by atoms with E-state index in [0.29, 0.717) is 10.4 Å². The molecule has 2 rings (SSSR count). The Labute approximate surface area is 112 Å². The Kier molecular flexibility index (Phi) is 3.99. The van der Waals surface area contributed by atoms with Crippen molar-refractivity contribution in [2.75, 3.05) is 0 Å². The van der Waals surface area contributed by atoms with Gasteiger partial charge >= 0.3 is 0 Å². The molecule has 1 N–H and O–H groups in total. The molecule has 0 saturated carbocycles. The van der Waals surface area contributed by atoms with E-state index in [2.05, 4.69) is 10.5 Å². The van der Waals surface area contributed by atoms with Crippen molar-refractivity contribution >= 4 is 29.1 Å². The number of nitro benzene ring substituents is 1. The van der Waals surface area contributed by atoms with E-state index in [1.54, 1.807) is 29.6 Å². The summed E-state index contributed by atoms with van der Waals surface area (Å²) in [6.45, 7) is 0. The van der Waals surface area contributed by atoms with Crippen LogP contribution in [0.25, 0.3) is 0 Å². The van der Waals surface area contributed by atoms with Gasteiger partial charge < -0.3 is 0 Å². The van der Waals surface area contributed by atoms with Crippen LogP contribution in [-0.4, -0.2) is 17.0 Å². The molecule has 6 nitrogen and oxygen atoms in total. The molecule has 0 spiro atoms. The fraction of sp³-hybridized carbons (Fsp3) is 0. The van der Waals surface area contributed by atoms with Crippen LogP contribution in [0.4, 0.5) is 5.69 Å². The first-order chi connectivity index (χ1) is 9.16.